The van der Waals surface area contributed by atoms with Crippen LogP contribution in [0.4, 0.5) is 0 Å². The van der Waals surface area contributed by atoms with E-state index in [9.17, 15) is 0 Å². The fourth-order valence-electron chi connectivity index (χ4n) is 2.77. The van der Waals surface area contributed by atoms with Crippen molar-refractivity contribution in [1.29, 1.82) is 0 Å². The van der Waals surface area contributed by atoms with Gasteiger partial charge < -0.3 is 5.32 Å². The first-order valence-corrected chi connectivity index (χ1v) is 8.29. The fraction of sp³-hybridized carbons (Fsp3) is 0.467. The first kappa shape index (κ1) is 12.6. The van der Waals surface area contributed by atoms with Crippen molar-refractivity contribution in [3.63, 3.8) is 0 Å². The molecule has 1 fully saturated rings. The van der Waals surface area contributed by atoms with Gasteiger partial charge in [-0.15, -0.1) is 11.3 Å². The van der Waals surface area contributed by atoms with E-state index in [4.69, 9.17) is 0 Å². The van der Waals surface area contributed by atoms with E-state index in [0.717, 1.165) is 5.92 Å². The molecule has 2 aromatic rings. The van der Waals surface area contributed by atoms with Gasteiger partial charge in [0.1, 0.15) is 0 Å². The summed E-state index contributed by atoms with van der Waals surface area (Å²) in [7, 11) is 2.09. The zero-order valence-corrected chi connectivity index (χ0v) is 13.0. The first-order valence-electron chi connectivity index (χ1n) is 6.62. The Labute approximate surface area is 121 Å². The summed E-state index contributed by atoms with van der Waals surface area (Å²) in [5.41, 5.74) is 1.48. The third-order valence-electron chi connectivity index (χ3n) is 4.10. The van der Waals surface area contributed by atoms with Crippen molar-refractivity contribution in [2.75, 3.05) is 7.05 Å². The van der Waals surface area contributed by atoms with Crippen LogP contribution in [-0.4, -0.2) is 7.05 Å². The summed E-state index contributed by atoms with van der Waals surface area (Å²) < 4.78 is 2.59. The Hall–Kier alpha value is -0.380. The highest BCUT2D eigenvalue weighted by molar-refractivity contribution is 9.10. The number of halogens is 1. The van der Waals surface area contributed by atoms with Gasteiger partial charge in [0.25, 0.3) is 0 Å². The normalized spacial score (nSPS) is 17.9. The Morgan fingerprint density at radius 1 is 1.44 bits per heavy atom. The number of benzene rings is 1. The van der Waals surface area contributed by atoms with E-state index in [2.05, 4.69) is 51.9 Å². The molecule has 1 aromatic heterocycles. The minimum absolute atomic E-state index is 0.512. The summed E-state index contributed by atoms with van der Waals surface area (Å²) in [5.74, 6) is 0.935. The fourth-order valence-corrected chi connectivity index (χ4v) is 4.45. The second-order valence-electron chi connectivity index (χ2n) is 5.18. The predicted molar refractivity (Wildman–Crippen MR) is 83.3 cm³/mol. The Morgan fingerprint density at radius 2 is 2.28 bits per heavy atom. The maximum absolute atomic E-state index is 3.65. The van der Waals surface area contributed by atoms with Crippen LogP contribution in [0, 0.1) is 5.92 Å². The third-order valence-corrected chi connectivity index (χ3v) is 6.07. The molecule has 1 heterocycles. The Morgan fingerprint density at radius 3 is 2.94 bits per heavy atom. The molecule has 1 saturated carbocycles. The molecule has 0 aliphatic heterocycles. The molecule has 1 aromatic carbocycles. The average molecular weight is 324 g/mol. The van der Waals surface area contributed by atoms with E-state index < -0.39 is 0 Å². The molecule has 3 rings (SSSR count). The summed E-state index contributed by atoms with van der Waals surface area (Å²) in [6.07, 6.45) is 5.56. The van der Waals surface area contributed by atoms with Crippen LogP contribution in [0.2, 0.25) is 0 Å². The van der Waals surface area contributed by atoms with Crippen molar-refractivity contribution in [2.45, 2.75) is 31.7 Å². The molecular formula is C15H18BrNS. The van der Waals surface area contributed by atoms with E-state index in [1.165, 1.54) is 45.8 Å². The second-order valence-corrected chi connectivity index (χ2v) is 6.92. The Bertz CT molecular complexity index is 544. The molecule has 1 aliphatic rings. The SMILES string of the molecule is CNC(CC1CCC1)c1csc2c(Br)cccc12. The molecule has 1 nitrogen and oxygen atoms in total. The number of fused-ring (bicyclic) bond motifs is 1. The lowest BCUT2D eigenvalue weighted by molar-refractivity contribution is 0.266. The second kappa shape index (κ2) is 5.32. The van der Waals surface area contributed by atoms with E-state index >= 15 is 0 Å². The summed E-state index contributed by atoms with van der Waals surface area (Å²) in [6.45, 7) is 0. The van der Waals surface area contributed by atoms with Gasteiger partial charge in [-0.2, -0.15) is 0 Å². The van der Waals surface area contributed by atoms with Crippen LogP contribution in [0.15, 0.2) is 28.1 Å². The largest absolute Gasteiger partial charge is 0.313 e. The minimum Gasteiger partial charge on any atom is -0.313 e. The van der Waals surface area contributed by atoms with E-state index in [0.29, 0.717) is 6.04 Å². The number of nitrogens with one attached hydrogen (secondary N) is 1. The van der Waals surface area contributed by atoms with Gasteiger partial charge >= 0.3 is 0 Å². The van der Waals surface area contributed by atoms with Crippen molar-refractivity contribution in [2.24, 2.45) is 5.92 Å². The van der Waals surface area contributed by atoms with Gasteiger partial charge in [0.2, 0.25) is 0 Å². The van der Waals surface area contributed by atoms with Gasteiger partial charge in [-0.05, 0) is 57.7 Å². The van der Waals surface area contributed by atoms with Crippen LogP contribution in [-0.2, 0) is 0 Å². The van der Waals surface area contributed by atoms with Gasteiger partial charge in [0, 0.05) is 15.2 Å². The van der Waals surface area contributed by atoms with Gasteiger partial charge in [0.05, 0.1) is 0 Å². The zero-order chi connectivity index (χ0) is 12.5. The van der Waals surface area contributed by atoms with Gasteiger partial charge in [-0.3, -0.25) is 0 Å². The standard InChI is InChI=1S/C15H18BrNS/c1-17-14(8-10-4-2-5-10)12-9-18-15-11(12)6-3-7-13(15)16/h3,6-7,9-10,14,17H,2,4-5,8H2,1H3. The van der Waals surface area contributed by atoms with E-state index in [1.54, 1.807) is 0 Å². The van der Waals surface area contributed by atoms with Crippen LogP contribution in [0.5, 0.6) is 0 Å². The molecule has 0 saturated heterocycles. The van der Waals surface area contributed by atoms with Crippen LogP contribution in [0.25, 0.3) is 10.1 Å². The lowest BCUT2D eigenvalue weighted by Gasteiger charge is -2.29. The molecule has 0 bridgehead atoms. The average Bonchev–Trinajstić information content (AvgIpc) is 2.74. The molecule has 1 unspecified atom stereocenters. The maximum Gasteiger partial charge on any atom is 0.0488 e. The zero-order valence-electron chi connectivity index (χ0n) is 10.6. The molecule has 3 heteroatoms. The number of thiophene rings is 1. The van der Waals surface area contributed by atoms with Crippen LogP contribution in [0.1, 0.15) is 37.3 Å². The quantitative estimate of drug-likeness (QED) is 0.823. The molecular weight excluding hydrogens is 306 g/mol. The molecule has 0 spiro atoms. The van der Waals surface area contributed by atoms with Crippen molar-refractivity contribution in [3.05, 3.63) is 33.6 Å². The molecule has 1 aliphatic carbocycles. The minimum atomic E-state index is 0.512. The predicted octanol–water partition coefficient (Wildman–Crippen LogP) is 5.11. The molecule has 18 heavy (non-hydrogen) atoms. The van der Waals surface area contributed by atoms with Crippen molar-refractivity contribution < 1.29 is 0 Å². The van der Waals surface area contributed by atoms with Crippen LogP contribution < -0.4 is 5.32 Å². The van der Waals surface area contributed by atoms with Gasteiger partial charge in [-0.25, -0.2) is 0 Å². The molecule has 0 radical (unpaired) electrons. The molecule has 1 N–H and O–H groups in total. The first-order chi connectivity index (χ1) is 8.79. The van der Waals surface area contributed by atoms with Gasteiger partial charge in [0.15, 0.2) is 0 Å². The topological polar surface area (TPSA) is 12.0 Å². The number of hydrogen-bond acceptors (Lipinski definition) is 2. The highest BCUT2D eigenvalue weighted by Gasteiger charge is 2.23. The highest BCUT2D eigenvalue weighted by atomic mass is 79.9. The summed E-state index contributed by atoms with van der Waals surface area (Å²) >= 11 is 5.50. The van der Waals surface area contributed by atoms with Crippen molar-refractivity contribution in [1.82, 2.24) is 5.32 Å². The molecule has 1 atom stereocenters. The van der Waals surface area contributed by atoms with E-state index in [1.807, 2.05) is 11.3 Å². The lowest BCUT2D eigenvalue weighted by atomic mass is 9.79. The van der Waals surface area contributed by atoms with E-state index in [-0.39, 0.29) is 0 Å². The smallest absolute Gasteiger partial charge is 0.0488 e. The maximum atomic E-state index is 3.65. The summed E-state index contributed by atoms with van der Waals surface area (Å²) in [4.78, 5) is 0. The van der Waals surface area contributed by atoms with Crippen LogP contribution >= 0.6 is 27.3 Å². The van der Waals surface area contributed by atoms with Gasteiger partial charge in [-0.1, -0.05) is 31.4 Å². The highest BCUT2D eigenvalue weighted by Crippen LogP contribution is 2.40. The lowest BCUT2D eigenvalue weighted by Crippen LogP contribution is -2.22. The number of rotatable bonds is 4. The summed E-state index contributed by atoms with van der Waals surface area (Å²) in [5, 5.41) is 7.25. The van der Waals surface area contributed by atoms with Crippen molar-refractivity contribution in [3.8, 4) is 0 Å². The number of hydrogen-bond donors (Lipinski definition) is 1. The summed E-state index contributed by atoms with van der Waals surface area (Å²) in [6, 6.07) is 7.02. The van der Waals surface area contributed by atoms with Crippen molar-refractivity contribution >= 4 is 37.4 Å². The Balaban J connectivity index is 1.93. The Kier molecular flexibility index (Phi) is 3.73. The molecule has 0 amide bonds. The third kappa shape index (κ3) is 2.24. The van der Waals surface area contributed by atoms with Crippen LogP contribution in [0.3, 0.4) is 0 Å². The monoisotopic (exact) mass is 323 g/mol. The molecule has 96 valence electrons.